The predicted octanol–water partition coefficient (Wildman–Crippen LogP) is 3.30. The third-order valence-electron chi connectivity index (χ3n) is 5.48. The smallest absolute Gasteiger partial charge is 0.128 e. The Kier molecular flexibility index (Phi) is 3.85. The van der Waals surface area contributed by atoms with E-state index in [1.54, 1.807) is 0 Å². The Balaban J connectivity index is 1.35. The van der Waals surface area contributed by atoms with Crippen LogP contribution in [0.1, 0.15) is 44.1 Å². The van der Waals surface area contributed by atoms with Crippen LogP contribution in [-0.2, 0) is 6.54 Å². The van der Waals surface area contributed by atoms with Crippen molar-refractivity contribution in [3.63, 3.8) is 0 Å². The van der Waals surface area contributed by atoms with Crippen LogP contribution >= 0.6 is 0 Å². The number of piperidine rings is 1. The monoisotopic (exact) mass is 285 g/mol. The van der Waals surface area contributed by atoms with Crippen molar-refractivity contribution in [3.8, 4) is 0 Å². The Morgan fingerprint density at radius 1 is 0.952 bits per heavy atom. The van der Waals surface area contributed by atoms with Gasteiger partial charge in [0.2, 0.25) is 0 Å². The summed E-state index contributed by atoms with van der Waals surface area (Å²) in [5.74, 6) is 3.21. The summed E-state index contributed by atoms with van der Waals surface area (Å²) in [6.45, 7) is 6.05. The van der Waals surface area contributed by atoms with Crippen LogP contribution in [0.3, 0.4) is 0 Å². The van der Waals surface area contributed by atoms with Gasteiger partial charge in [-0.1, -0.05) is 6.07 Å². The van der Waals surface area contributed by atoms with Crippen molar-refractivity contribution in [3.05, 3.63) is 23.9 Å². The van der Waals surface area contributed by atoms with Gasteiger partial charge in [0, 0.05) is 32.4 Å². The lowest BCUT2D eigenvalue weighted by molar-refractivity contribution is 0.154. The van der Waals surface area contributed by atoms with Crippen molar-refractivity contribution in [2.75, 3.05) is 31.1 Å². The van der Waals surface area contributed by atoms with E-state index in [1.807, 2.05) is 0 Å². The van der Waals surface area contributed by atoms with Gasteiger partial charge in [0.15, 0.2) is 0 Å². The first-order chi connectivity index (χ1) is 10.4. The zero-order valence-electron chi connectivity index (χ0n) is 13.0. The fourth-order valence-electron chi connectivity index (χ4n) is 4.09. The lowest BCUT2D eigenvalue weighted by Crippen LogP contribution is -2.35. The molecule has 0 N–H and O–H groups in total. The van der Waals surface area contributed by atoms with Gasteiger partial charge in [-0.25, -0.2) is 4.98 Å². The standard InChI is InChI=1S/C18H27N3/c1-2-11-21(10-1)18-8-5-15(12-19-18)13-20-9-3-4-17(14-20)16-6-7-16/h5,8,12,16-17H,1-4,6-7,9-11,13-14H2. The summed E-state index contributed by atoms with van der Waals surface area (Å²) < 4.78 is 0. The summed E-state index contributed by atoms with van der Waals surface area (Å²) in [7, 11) is 0. The van der Waals surface area contributed by atoms with Crippen molar-refractivity contribution >= 4 is 5.82 Å². The maximum atomic E-state index is 4.69. The van der Waals surface area contributed by atoms with E-state index < -0.39 is 0 Å². The molecule has 1 saturated carbocycles. The van der Waals surface area contributed by atoms with Crippen LogP contribution in [0.15, 0.2) is 18.3 Å². The molecule has 1 aliphatic carbocycles. The fraction of sp³-hybridized carbons (Fsp3) is 0.722. The molecule has 0 amide bonds. The maximum Gasteiger partial charge on any atom is 0.128 e. The molecule has 0 spiro atoms. The van der Waals surface area contributed by atoms with E-state index in [-0.39, 0.29) is 0 Å². The van der Waals surface area contributed by atoms with Crippen LogP contribution < -0.4 is 4.90 Å². The molecule has 3 nitrogen and oxygen atoms in total. The average Bonchev–Trinajstić information content (AvgIpc) is 3.24. The first-order valence-corrected chi connectivity index (χ1v) is 8.81. The van der Waals surface area contributed by atoms with Crippen LogP contribution in [0.25, 0.3) is 0 Å². The highest BCUT2D eigenvalue weighted by Crippen LogP contribution is 2.41. The van der Waals surface area contributed by atoms with Crippen LogP contribution in [0, 0.1) is 11.8 Å². The first kappa shape index (κ1) is 13.6. The molecule has 4 rings (SSSR count). The molecule has 1 aromatic heterocycles. The molecule has 0 radical (unpaired) electrons. The molecule has 1 unspecified atom stereocenters. The zero-order chi connectivity index (χ0) is 14.1. The highest BCUT2D eigenvalue weighted by molar-refractivity contribution is 5.40. The van der Waals surface area contributed by atoms with E-state index in [1.165, 1.54) is 76.1 Å². The second-order valence-electron chi connectivity index (χ2n) is 7.19. The van der Waals surface area contributed by atoms with E-state index in [0.717, 1.165) is 18.4 Å². The third kappa shape index (κ3) is 3.23. The van der Waals surface area contributed by atoms with E-state index in [2.05, 4.69) is 28.1 Å². The fourth-order valence-corrected chi connectivity index (χ4v) is 4.09. The van der Waals surface area contributed by atoms with E-state index in [0.29, 0.717) is 0 Å². The van der Waals surface area contributed by atoms with Gasteiger partial charge in [-0.05, 0) is 68.5 Å². The van der Waals surface area contributed by atoms with Gasteiger partial charge >= 0.3 is 0 Å². The molecular weight excluding hydrogens is 258 g/mol. The minimum absolute atomic E-state index is 0.982. The topological polar surface area (TPSA) is 19.4 Å². The van der Waals surface area contributed by atoms with E-state index in [4.69, 9.17) is 4.98 Å². The number of rotatable bonds is 4. The molecule has 2 saturated heterocycles. The van der Waals surface area contributed by atoms with E-state index in [9.17, 15) is 0 Å². The predicted molar refractivity (Wildman–Crippen MR) is 86.4 cm³/mol. The number of anilines is 1. The molecule has 0 bridgehead atoms. The number of hydrogen-bond acceptors (Lipinski definition) is 3. The molecule has 1 atom stereocenters. The summed E-state index contributed by atoms with van der Waals surface area (Å²) in [4.78, 5) is 9.75. The Hall–Kier alpha value is -1.09. The van der Waals surface area contributed by atoms with Gasteiger partial charge in [0.25, 0.3) is 0 Å². The zero-order valence-corrected chi connectivity index (χ0v) is 13.0. The number of pyridine rings is 1. The van der Waals surface area contributed by atoms with Crippen LogP contribution in [0.2, 0.25) is 0 Å². The second-order valence-corrected chi connectivity index (χ2v) is 7.19. The van der Waals surface area contributed by atoms with Gasteiger partial charge in [-0.15, -0.1) is 0 Å². The van der Waals surface area contributed by atoms with Crippen molar-refractivity contribution < 1.29 is 0 Å². The normalized spacial score (nSPS) is 27.2. The van der Waals surface area contributed by atoms with Crippen molar-refractivity contribution in [2.24, 2.45) is 11.8 Å². The van der Waals surface area contributed by atoms with Crippen LogP contribution in [0.4, 0.5) is 5.82 Å². The molecule has 3 aliphatic rings. The van der Waals surface area contributed by atoms with Gasteiger partial charge in [0.1, 0.15) is 5.82 Å². The van der Waals surface area contributed by atoms with Crippen molar-refractivity contribution in [1.29, 1.82) is 0 Å². The van der Waals surface area contributed by atoms with Crippen molar-refractivity contribution in [2.45, 2.75) is 45.1 Å². The Morgan fingerprint density at radius 3 is 2.52 bits per heavy atom. The lowest BCUT2D eigenvalue weighted by Gasteiger charge is -2.32. The van der Waals surface area contributed by atoms with Gasteiger partial charge in [0.05, 0.1) is 0 Å². The lowest BCUT2D eigenvalue weighted by atomic mass is 9.93. The van der Waals surface area contributed by atoms with Gasteiger partial charge in [-0.3, -0.25) is 4.90 Å². The Bertz CT molecular complexity index is 460. The first-order valence-electron chi connectivity index (χ1n) is 8.81. The molecule has 21 heavy (non-hydrogen) atoms. The Labute approximate surface area is 128 Å². The van der Waals surface area contributed by atoms with Crippen molar-refractivity contribution in [1.82, 2.24) is 9.88 Å². The quantitative estimate of drug-likeness (QED) is 0.846. The summed E-state index contributed by atoms with van der Waals surface area (Å²) in [6.07, 6.45) is 10.6. The summed E-state index contributed by atoms with van der Waals surface area (Å²) in [6, 6.07) is 4.52. The van der Waals surface area contributed by atoms with Gasteiger partial charge in [-0.2, -0.15) is 0 Å². The number of nitrogens with zero attached hydrogens (tertiary/aromatic N) is 3. The summed E-state index contributed by atoms with van der Waals surface area (Å²) >= 11 is 0. The minimum atomic E-state index is 0.982. The molecule has 3 fully saturated rings. The van der Waals surface area contributed by atoms with E-state index >= 15 is 0 Å². The highest BCUT2D eigenvalue weighted by Gasteiger charge is 2.33. The third-order valence-corrected chi connectivity index (χ3v) is 5.48. The average molecular weight is 285 g/mol. The molecule has 3 heterocycles. The molecule has 0 aromatic carbocycles. The largest absolute Gasteiger partial charge is 0.357 e. The van der Waals surface area contributed by atoms with Crippen LogP contribution in [-0.4, -0.2) is 36.1 Å². The van der Waals surface area contributed by atoms with Crippen LogP contribution in [0.5, 0.6) is 0 Å². The number of likely N-dealkylation sites (tertiary alicyclic amines) is 1. The highest BCUT2D eigenvalue weighted by atomic mass is 15.2. The minimum Gasteiger partial charge on any atom is -0.357 e. The molecule has 3 heteroatoms. The second kappa shape index (κ2) is 5.96. The maximum absolute atomic E-state index is 4.69. The molecule has 114 valence electrons. The molecule has 1 aromatic rings. The SMILES string of the molecule is c1cc(N2CCCC2)ncc1CN1CCCC(C2CC2)C1. The molecule has 2 aliphatic heterocycles. The number of aromatic nitrogens is 1. The summed E-state index contributed by atoms with van der Waals surface area (Å²) in [5.41, 5.74) is 1.38. The van der Waals surface area contributed by atoms with Gasteiger partial charge < -0.3 is 4.90 Å². The Morgan fingerprint density at radius 2 is 1.81 bits per heavy atom. The molecular formula is C18H27N3. The summed E-state index contributed by atoms with van der Waals surface area (Å²) in [5, 5.41) is 0. The number of hydrogen-bond donors (Lipinski definition) is 0.